The van der Waals surface area contributed by atoms with Gasteiger partial charge in [-0.3, -0.25) is 5.10 Å². The maximum atomic E-state index is 4.64. The van der Waals surface area contributed by atoms with Crippen molar-refractivity contribution in [2.45, 2.75) is 13.3 Å². The first-order chi connectivity index (χ1) is 9.74. The molecule has 2 heterocycles. The van der Waals surface area contributed by atoms with E-state index in [1.807, 2.05) is 0 Å². The average molecular weight is 336 g/mol. The largest absolute Gasteiger partial charge is 0.338 e. The van der Waals surface area contributed by atoms with E-state index in [4.69, 9.17) is 0 Å². The molecule has 0 bridgehead atoms. The second-order valence-corrected chi connectivity index (χ2v) is 5.91. The lowest BCUT2D eigenvalue weighted by molar-refractivity contribution is 0.724. The summed E-state index contributed by atoms with van der Waals surface area (Å²) in [6, 6.07) is 6.24. The topological polar surface area (TPSA) is 56.8 Å². The van der Waals surface area contributed by atoms with Crippen molar-refractivity contribution in [2.24, 2.45) is 0 Å². The van der Waals surface area contributed by atoms with Crippen LogP contribution in [-0.2, 0) is 0 Å². The zero-order valence-electron chi connectivity index (χ0n) is 11.5. The molecule has 2 N–H and O–H groups in total. The molecule has 0 amide bonds. The number of hydrogen-bond acceptors (Lipinski definition) is 4. The summed E-state index contributed by atoms with van der Waals surface area (Å²) in [6.45, 7) is 6.08. The van der Waals surface area contributed by atoms with Crippen molar-refractivity contribution in [3.63, 3.8) is 0 Å². The van der Waals surface area contributed by atoms with Gasteiger partial charge in [0.1, 0.15) is 0 Å². The SMILES string of the molecule is Cc1ccc(-c2nc(N3CCCNCC3)n[nH]2)c(Br)c1. The van der Waals surface area contributed by atoms with Crippen molar-refractivity contribution in [2.75, 3.05) is 31.1 Å². The van der Waals surface area contributed by atoms with E-state index in [2.05, 4.69) is 66.5 Å². The van der Waals surface area contributed by atoms with Crippen molar-refractivity contribution >= 4 is 21.9 Å². The number of rotatable bonds is 2. The third kappa shape index (κ3) is 2.86. The maximum absolute atomic E-state index is 4.64. The fourth-order valence-electron chi connectivity index (χ4n) is 2.37. The van der Waals surface area contributed by atoms with Crippen LogP contribution in [0.1, 0.15) is 12.0 Å². The van der Waals surface area contributed by atoms with Crippen LogP contribution in [0.4, 0.5) is 5.95 Å². The molecule has 3 rings (SSSR count). The predicted molar refractivity (Wildman–Crippen MR) is 84.0 cm³/mol. The molecule has 1 aliphatic rings. The van der Waals surface area contributed by atoms with Crippen LogP contribution < -0.4 is 10.2 Å². The van der Waals surface area contributed by atoms with E-state index in [0.717, 1.165) is 54.4 Å². The number of aromatic nitrogens is 3. The molecule has 1 fully saturated rings. The van der Waals surface area contributed by atoms with Gasteiger partial charge < -0.3 is 10.2 Å². The van der Waals surface area contributed by atoms with E-state index in [9.17, 15) is 0 Å². The lowest BCUT2D eigenvalue weighted by Gasteiger charge is -2.16. The molecule has 0 aliphatic carbocycles. The molecule has 1 aliphatic heterocycles. The van der Waals surface area contributed by atoms with Crippen molar-refractivity contribution in [1.82, 2.24) is 20.5 Å². The molecule has 0 radical (unpaired) electrons. The Hall–Kier alpha value is -1.40. The number of aromatic amines is 1. The van der Waals surface area contributed by atoms with Crippen molar-refractivity contribution in [3.05, 3.63) is 28.2 Å². The van der Waals surface area contributed by atoms with Gasteiger partial charge in [-0.2, -0.15) is 4.98 Å². The Morgan fingerprint density at radius 3 is 3.00 bits per heavy atom. The summed E-state index contributed by atoms with van der Waals surface area (Å²) >= 11 is 3.59. The summed E-state index contributed by atoms with van der Waals surface area (Å²) in [5, 5.41) is 10.8. The third-order valence-corrected chi connectivity index (χ3v) is 4.13. The number of aryl methyl sites for hydroxylation is 1. The molecule has 0 unspecified atom stereocenters. The highest BCUT2D eigenvalue weighted by Gasteiger charge is 2.15. The molecule has 5 nitrogen and oxygen atoms in total. The van der Waals surface area contributed by atoms with E-state index in [0.29, 0.717) is 0 Å². The van der Waals surface area contributed by atoms with Gasteiger partial charge in [-0.1, -0.05) is 22.0 Å². The molecule has 1 aromatic carbocycles. The number of hydrogen-bond donors (Lipinski definition) is 2. The Labute approximate surface area is 126 Å². The van der Waals surface area contributed by atoms with E-state index < -0.39 is 0 Å². The molecular weight excluding hydrogens is 318 g/mol. The molecule has 20 heavy (non-hydrogen) atoms. The Bertz CT molecular complexity index is 587. The fraction of sp³-hybridized carbons (Fsp3) is 0.429. The van der Waals surface area contributed by atoms with Crippen LogP contribution in [-0.4, -0.2) is 41.4 Å². The van der Waals surface area contributed by atoms with Gasteiger partial charge in [-0.05, 0) is 37.6 Å². The molecule has 0 atom stereocenters. The molecule has 106 valence electrons. The fourth-order valence-corrected chi connectivity index (χ4v) is 3.05. The first-order valence-corrected chi connectivity index (χ1v) is 7.68. The number of H-pyrrole nitrogens is 1. The summed E-state index contributed by atoms with van der Waals surface area (Å²) in [4.78, 5) is 6.86. The van der Waals surface area contributed by atoms with Crippen LogP contribution in [0, 0.1) is 6.92 Å². The summed E-state index contributed by atoms with van der Waals surface area (Å²) in [6.07, 6.45) is 1.12. The minimum absolute atomic E-state index is 0.788. The van der Waals surface area contributed by atoms with Crippen LogP contribution in [0.2, 0.25) is 0 Å². The zero-order chi connectivity index (χ0) is 13.9. The van der Waals surface area contributed by atoms with Gasteiger partial charge in [0.25, 0.3) is 0 Å². The smallest absolute Gasteiger partial charge is 0.245 e. The van der Waals surface area contributed by atoms with E-state index in [1.54, 1.807) is 0 Å². The second kappa shape index (κ2) is 5.93. The Balaban J connectivity index is 1.85. The Morgan fingerprint density at radius 2 is 2.15 bits per heavy atom. The minimum atomic E-state index is 0.788. The number of nitrogens with one attached hydrogen (secondary N) is 2. The summed E-state index contributed by atoms with van der Waals surface area (Å²) in [5.41, 5.74) is 2.27. The van der Waals surface area contributed by atoms with Crippen LogP contribution in [0.5, 0.6) is 0 Å². The normalized spacial score (nSPS) is 16.2. The molecule has 0 spiro atoms. The minimum Gasteiger partial charge on any atom is -0.338 e. The zero-order valence-corrected chi connectivity index (χ0v) is 13.1. The lowest BCUT2D eigenvalue weighted by Crippen LogP contribution is -2.28. The average Bonchev–Trinajstić information content (AvgIpc) is 2.74. The van der Waals surface area contributed by atoms with Gasteiger partial charge in [0.05, 0.1) is 0 Å². The highest BCUT2D eigenvalue weighted by molar-refractivity contribution is 9.10. The molecule has 1 aromatic heterocycles. The lowest BCUT2D eigenvalue weighted by atomic mass is 10.1. The quantitative estimate of drug-likeness (QED) is 0.884. The molecular formula is C14H18BrN5. The highest BCUT2D eigenvalue weighted by atomic mass is 79.9. The van der Waals surface area contributed by atoms with Crippen LogP contribution >= 0.6 is 15.9 Å². The van der Waals surface area contributed by atoms with Gasteiger partial charge in [0.2, 0.25) is 5.95 Å². The number of nitrogens with zero attached hydrogens (tertiary/aromatic N) is 3. The second-order valence-electron chi connectivity index (χ2n) is 5.06. The van der Waals surface area contributed by atoms with Crippen LogP contribution in [0.15, 0.2) is 22.7 Å². The van der Waals surface area contributed by atoms with Gasteiger partial charge in [-0.15, -0.1) is 5.10 Å². The van der Waals surface area contributed by atoms with Gasteiger partial charge in [0, 0.05) is 29.7 Å². The van der Waals surface area contributed by atoms with Crippen LogP contribution in [0.25, 0.3) is 11.4 Å². The first-order valence-electron chi connectivity index (χ1n) is 6.88. The van der Waals surface area contributed by atoms with Crippen molar-refractivity contribution < 1.29 is 0 Å². The summed E-state index contributed by atoms with van der Waals surface area (Å²) in [5.74, 6) is 1.60. The third-order valence-electron chi connectivity index (χ3n) is 3.48. The molecule has 2 aromatic rings. The molecule has 0 saturated carbocycles. The summed E-state index contributed by atoms with van der Waals surface area (Å²) < 4.78 is 1.04. The Morgan fingerprint density at radius 1 is 1.25 bits per heavy atom. The highest BCUT2D eigenvalue weighted by Crippen LogP contribution is 2.27. The standard InChI is InChI=1S/C14H18BrN5/c1-10-3-4-11(12(15)9-10)13-17-14(19-18-13)20-7-2-5-16-6-8-20/h3-4,9,16H,2,5-8H2,1H3,(H,17,18,19). The van der Waals surface area contributed by atoms with E-state index >= 15 is 0 Å². The Kier molecular flexibility index (Phi) is 4.03. The van der Waals surface area contributed by atoms with E-state index in [1.165, 1.54) is 5.56 Å². The number of benzene rings is 1. The molecule has 6 heteroatoms. The monoisotopic (exact) mass is 335 g/mol. The van der Waals surface area contributed by atoms with Gasteiger partial charge >= 0.3 is 0 Å². The first kappa shape index (κ1) is 13.6. The van der Waals surface area contributed by atoms with Crippen molar-refractivity contribution in [3.8, 4) is 11.4 Å². The van der Waals surface area contributed by atoms with Gasteiger partial charge in [-0.25, -0.2) is 0 Å². The predicted octanol–water partition coefficient (Wildman–Crippen LogP) is 2.34. The summed E-state index contributed by atoms with van der Waals surface area (Å²) in [7, 11) is 0. The van der Waals surface area contributed by atoms with Gasteiger partial charge in [0.15, 0.2) is 5.82 Å². The number of halogens is 1. The molecule has 1 saturated heterocycles. The maximum Gasteiger partial charge on any atom is 0.245 e. The van der Waals surface area contributed by atoms with Crippen LogP contribution in [0.3, 0.4) is 0 Å². The van der Waals surface area contributed by atoms with Crippen molar-refractivity contribution in [1.29, 1.82) is 0 Å². The van der Waals surface area contributed by atoms with E-state index in [-0.39, 0.29) is 0 Å². The number of anilines is 1.